The standard InChI is InChI=1S/C11H9N3O3/c1-17-11(16)8-6-13-9(14-10(8)15)7-2-4-12-5-3-7/h2-6H,1H3,(H,13,14,15). The minimum absolute atomic E-state index is 0.120. The summed E-state index contributed by atoms with van der Waals surface area (Å²) >= 11 is 0. The van der Waals surface area contributed by atoms with Crippen molar-refractivity contribution in [3.63, 3.8) is 0 Å². The summed E-state index contributed by atoms with van der Waals surface area (Å²) < 4.78 is 4.45. The Bertz CT molecular complexity index is 592. The number of H-pyrrole nitrogens is 1. The van der Waals surface area contributed by atoms with E-state index in [0.29, 0.717) is 11.4 Å². The first kappa shape index (κ1) is 11.0. The van der Waals surface area contributed by atoms with Gasteiger partial charge in [-0.25, -0.2) is 9.78 Å². The first-order chi connectivity index (χ1) is 8.22. The second-order valence-corrected chi connectivity index (χ2v) is 3.20. The van der Waals surface area contributed by atoms with E-state index in [-0.39, 0.29) is 5.56 Å². The number of nitrogens with zero attached hydrogens (tertiary/aromatic N) is 2. The van der Waals surface area contributed by atoms with Gasteiger partial charge >= 0.3 is 5.97 Å². The van der Waals surface area contributed by atoms with E-state index >= 15 is 0 Å². The first-order valence-electron chi connectivity index (χ1n) is 4.80. The summed E-state index contributed by atoms with van der Waals surface area (Å²) in [6.07, 6.45) is 4.37. The van der Waals surface area contributed by atoms with Crippen LogP contribution in [0.3, 0.4) is 0 Å². The zero-order chi connectivity index (χ0) is 12.3. The van der Waals surface area contributed by atoms with Gasteiger partial charge in [0.1, 0.15) is 11.4 Å². The zero-order valence-corrected chi connectivity index (χ0v) is 9.01. The van der Waals surface area contributed by atoms with Gasteiger partial charge in [-0.2, -0.15) is 0 Å². The fourth-order valence-corrected chi connectivity index (χ4v) is 1.31. The van der Waals surface area contributed by atoms with Gasteiger partial charge in [-0.3, -0.25) is 9.78 Å². The lowest BCUT2D eigenvalue weighted by atomic mass is 10.2. The summed E-state index contributed by atoms with van der Waals surface area (Å²) in [5.41, 5.74) is 0.0671. The quantitative estimate of drug-likeness (QED) is 0.766. The summed E-state index contributed by atoms with van der Waals surface area (Å²) in [7, 11) is 1.21. The van der Waals surface area contributed by atoms with Crippen molar-refractivity contribution in [2.75, 3.05) is 7.11 Å². The third-order valence-corrected chi connectivity index (χ3v) is 2.16. The Hall–Kier alpha value is -2.50. The summed E-state index contributed by atoms with van der Waals surface area (Å²) in [5, 5.41) is 0. The number of carbonyl (C=O) groups excluding carboxylic acids is 1. The fourth-order valence-electron chi connectivity index (χ4n) is 1.31. The molecule has 0 bridgehead atoms. The Kier molecular flexibility index (Phi) is 2.95. The van der Waals surface area contributed by atoms with Crippen molar-refractivity contribution < 1.29 is 9.53 Å². The molecular formula is C11H9N3O3. The van der Waals surface area contributed by atoms with Crippen LogP contribution in [0.4, 0.5) is 0 Å². The van der Waals surface area contributed by atoms with Crippen molar-refractivity contribution >= 4 is 5.97 Å². The minimum atomic E-state index is -0.708. The van der Waals surface area contributed by atoms with Crippen LogP contribution in [0.25, 0.3) is 11.4 Å². The van der Waals surface area contributed by atoms with Gasteiger partial charge in [0.25, 0.3) is 5.56 Å². The van der Waals surface area contributed by atoms with Crippen molar-refractivity contribution in [1.82, 2.24) is 15.0 Å². The van der Waals surface area contributed by atoms with E-state index in [4.69, 9.17) is 0 Å². The normalized spacial score (nSPS) is 9.94. The highest BCUT2D eigenvalue weighted by molar-refractivity contribution is 5.88. The van der Waals surface area contributed by atoms with Crippen LogP contribution in [-0.2, 0) is 4.74 Å². The molecule has 2 heterocycles. The van der Waals surface area contributed by atoms with Gasteiger partial charge in [-0.1, -0.05) is 0 Å². The molecule has 0 aliphatic carbocycles. The average Bonchev–Trinajstić information content (AvgIpc) is 2.39. The topological polar surface area (TPSA) is 84.9 Å². The Balaban J connectivity index is 2.45. The molecule has 2 aromatic heterocycles. The highest BCUT2D eigenvalue weighted by Crippen LogP contribution is 2.10. The molecule has 2 rings (SSSR count). The smallest absolute Gasteiger partial charge is 0.345 e. The van der Waals surface area contributed by atoms with E-state index in [2.05, 4.69) is 19.7 Å². The Morgan fingerprint density at radius 3 is 2.65 bits per heavy atom. The number of hydrogen-bond donors (Lipinski definition) is 1. The Morgan fingerprint density at radius 2 is 2.06 bits per heavy atom. The first-order valence-corrected chi connectivity index (χ1v) is 4.80. The molecule has 2 aromatic rings. The van der Waals surface area contributed by atoms with Crippen LogP contribution in [0.5, 0.6) is 0 Å². The van der Waals surface area contributed by atoms with Crippen molar-refractivity contribution in [3.8, 4) is 11.4 Å². The van der Waals surface area contributed by atoms with Gasteiger partial charge in [0.05, 0.1) is 7.11 Å². The molecule has 0 amide bonds. The second-order valence-electron chi connectivity index (χ2n) is 3.20. The molecule has 17 heavy (non-hydrogen) atoms. The molecule has 0 aromatic carbocycles. The Labute approximate surface area is 96.3 Å². The van der Waals surface area contributed by atoms with E-state index in [0.717, 1.165) is 0 Å². The van der Waals surface area contributed by atoms with Crippen LogP contribution in [0.15, 0.2) is 35.5 Å². The predicted octanol–water partition coefficient (Wildman–Crippen LogP) is 0.618. The van der Waals surface area contributed by atoms with Crippen molar-refractivity contribution in [2.24, 2.45) is 0 Å². The number of hydrogen-bond acceptors (Lipinski definition) is 5. The fraction of sp³-hybridized carbons (Fsp3) is 0.0909. The Morgan fingerprint density at radius 1 is 1.35 bits per heavy atom. The molecule has 0 radical (unpaired) electrons. The molecule has 86 valence electrons. The maximum Gasteiger partial charge on any atom is 0.345 e. The van der Waals surface area contributed by atoms with Crippen LogP contribution in [-0.4, -0.2) is 28.0 Å². The zero-order valence-electron chi connectivity index (χ0n) is 9.01. The number of nitrogens with one attached hydrogen (secondary N) is 1. The maximum absolute atomic E-state index is 11.6. The summed E-state index contributed by atoms with van der Waals surface area (Å²) in [6, 6.07) is 3.41. The van der Waals surface area contributed by atoms with Crippen LogP contribution >= 0.6 is 0 Å². The van der Waals surface area contributed by atoms with Crippen molar-refractivity contribution in [1.29, 1.82) is 0 Å². The lowest BCUT2D eigenvalue weighted by Crippen LogP contribution is -2.20. The van der Waals surface area contributed by atoms with E-state index in [1.165, 1.54) is 13.3 Å². The molecule has 0 spiro atoms. The van der Waals surface area contributed by atoms with Gasteiger partial charge in [-0.05, 0) is 12.1 Å². The molecule has 0 aliphatic rings. The largest absolute Gasteiger partial charge is 0.465 e. The summed E-state index contributed by atoms with van der Waals surface area (Å²) in [5.74, 6) is -0.329. The molecule has 0 fully saturated rings. The number of esters is 1. The van der Waals surface area contributed by atoms with E-state index < -0.39 is 11.5 Å². The average molecular weight is 231 g/mol. The van der Waals surface area contributed by atoms with E-state index in [1.54, 1.807) is 24.5 Å². The third kappa shape index (κ3) is 2.20. The van der Waals surface area contributed by atoms with Gasteiger partial charge in [0.2, 0.25) is 0 Å². The molecule has 0 atom stereocenters. The SMILES string of the molecule is COC(=O)c1cnc(-c2ccncc2)[nH]c1=O. The summed E-state index contributed by atoms with van der Waals surface area (Å²) in [6.45, 7) is 0. The molecule has 0 saturated heterocycles. The third-order valence-electron chi connectivity index (χ3n) is 2.16. The second kappa shape index (κ2) is 4.56. The number of aromatic amines is 1. The molecular weight excluding hydrogens is 222 g/mol. The lowest BCUT2D eigenvalue weighted by molar-refractivity contribution is 0.0598. The number of pyridine rings is 1. The highest BCUT2D eigenvalue weighted by Gasteiger charge is 2.12. The van der Waals surface area contributed by atoms with Crippen LogP contribution in [0.2, 0.25) is 0 Å². The maximum atomic E-state index is 11.6. The van der Waals surface area contributed by atoms with Crippen LogP contribution in [0, 0.1) is 0 Å². The monoisotopic (exact) mass is 231 g/mol. The van der Waals surface area contributed by atoms with Gasteiger partial charge < -0.3 is 9.72 Å². The molecule has 6 heteroatoms. The van der Waals surface area contributed by atoms with Crippen LogP contribution in [0.1, 0.15) is 10.4 Å². The van der Waals surface area contributed by atoms with Gasteiger partial charge in [-0.15, -0.1) is 0 Å². The number of rotatable bonds is 2. The number of ether oxygens (including phenoxy) is 1. The molecule has 0 aliphatic heterocycles. The van der Waals surface area contributed by atoms with Crippen molar-refractivity contribution in [2.45, 2.75) is 0 Å². The summed E-state index contributed by atoms with van der Waals surface area (Å²) in [4.78, 5) is 33.2. The van der Waals surface area contributed by atoms with E-state index in [9.17, 15) is 9.59 Å². The van der Waals surface area contributed by atoms with Crippen molar-refractivity contribution in [3.05, 3.63) is 46.6 Å². The van der Waals surface area contributed by atoms with E-state index in [1.807, 2.05) is 0 Å². The minimum Gasteiger partial charge on any atom is -0.465 e. The molecule has 0 unspecified atom stereocenters. The highest BCUT2D eigenvalue weighted by atomic mass is 16.5. The predicted molar refractivity (Wildman–Crippen MR) is 59.4 cm³/mol. The van der Waals surface area contributed by atoms with Gasteiger partial charge in [0.15, 0.2) is 0 Å². The van der Waals surface area contributed by atoms with Gasteiger partial charge in [0, 0.05) is 24.2 Å². The molecule has 0 saturated carbocycles. The molecule has 1 N–H and O–H groups in total. The lowest BCUT2D eigenvalue weighted by Gasteiger charge is -2.01. The number of carbonyl (C=O) groups is 1. The number of aromatic nitrogens is 3. The van der Waals surface area contributed by atoms with Crippen LogP contribution < -0.4 is 5.56 Å². The number of methoxy groups -OCH3 is 1. The molecule has 6 nitrogen and oxygen atoms in total.